The Morgan fingerprint density at radius 1 is 1.35 bits per heavy atom. The van der Waals surface area contributed by atoms with Gasteiger partial charge in [0.25, 0.3) is 5.91 Å². The van der Waals surface area contributed by atoms with Crippen LogP contribution >= 0.6 is 11.6 Å². The number of nitrogens with zero attached hydrogens (tertiary/aromatic N) is 1. The van der Waals surface area contributed by atoms with E-state index in [4.69, 9.17) is 26.2 Å². The Balaban J connectivity index is 2.04. The molecule has 23 heavy (non-hydrogen) atoms. The van der Waals surface area contributed by atoms with Crippen molar-refractivity contribution in [3.8, 4) is 5.75 Å². The second-order valence-electron chi connectivity index (χ2n) is 4.41. The van der Waals surface area contributed by atoms with Gasteiger partial charge in [-0.25, -0.2) is 4.79 Å². The van der Waals surface area contributed by atoms with Gasteiger partial charge in [-0.2, -0.15) is 5.10 Å². The summed E-state index contributed by atoms with van der Waals surface area (Å²) in [5.74, 6) is -1.10. The van der Waals surface area contributed by atoms with E-state index < -0.39 is 11.9 Å². The van der Waals surface area contributed by atoms with Crippen molar-refractivity contribution < 1.29 is 24.2 Å². The first-order chi connectivity index (χ1) is 11.0. The van der Waals surface area contributed by atoms with Crippen LogP contribution in [0.5, 0.6) is 5.75 Å². The van der Waals surface area contributed by atoms with Crippen LogP contribution in [0.2, 0.25) is 5.02 Å². The largest absolute Gasteiger partial charge is 0.490 e. The number of carbonyl (C=O) groups excluding carboxylic acids is 1. The van der Waals surface area contributed by atoms with Crippen molar-refractivity contribution in [1.82, 2.24) is 10.2 Å². The molecule has 9 heteroatoms. The van der Waals surface area contributed by atoms with E-state index in [1.165, 1.54) is 18.2 Å². The van der Waals surface area contributed by atoms with Crippen molar-refractivity contribution in [3.63, 3.8) is 0 Å². The number of aromatic nitrogens is 2. The molecule has 0 atom stereocenters. The van der Waals surface area contributed by atoms with E-state index in [9.17, 15) is 9.59 Å². The number of rotatable bonds is 7. The fraction of sp³-hybridized carbons (Fsp3) is 0.214. The van der Waals surface area contributed by atoms with Gasteiger partial charge in [0.1, 0.15) is 18.1 Å². The number of carbonyl (C=O) groups is 2. The lowest BCUT2D eigenvalue weighted by Gasteiger charge is -2.09. The molecule has 1 aromatic heterocycles. The average Bonchev–Trinajstić information content (AvgIpc) is 2.97. The van der Waals surface area contributed by atoms with Crippen LogP contribution in [0.15, 0.2) is 24.3 Å². The number of carboxylic acids is 1. The molecule has 0 spiro atoms. The van der Waals surface area contributed by atoms with E-state index in [1.807, 2.05) is 0 Å². The number of anilines is 1. The molecule has 0 bridgehead atoms. The SMILES string of the molecule is COCCOc1ccc(C(=O)Nc2cc(C(=O)O)[nH]n2)cc1Cl. The Kier molecular flexibility index (Phi) is 5.56. The van der Waals surface area contributed by atoms with Gasteiger partial charge in [0.2, 0.25) is 0 Å². The van der Waals surface area contributed by atoms with Crippen LogP contribution in [0.1, 0.15) is 20.8 Å². The van der Waals surface area contributed by atoms with Crippen molar-refractivity contribution in [2.24, 2.45) is 0 Å². The number of hydrogen-bond acceptors (Lipinski definition) is 5. The predicted octanol–water partition coefficient (Wildman–Crippen LogP) is 2.04. The number of aromatic amines is 1. The fourth-order valence-electron chi connectivity index (χ4n) is 1.68. The molecule has 0 fully saturated rings. The number of nitrogens with one attached hydrogen (secondary N) is 2. The summed E-state index contributed by atoms with van der Waals surface area (Å²) in [6.07, 6.45) is 0. The minimum Gasteiger partial charge on any atom is -0.490 e. The number of ether oxygens (including phenoxy) is 2. The normalized spacial score (nSPS) is 10.3. The van der Waals surface area contributed by atoms with Crippen LogP contribution in [0, 0.1) is 0 Å². The van der Waals surface area contributed by atoms with E-state index in [0.29, 0.717) is 19.0 Å². The zero-order valence-corrected chi connectivity index (χ0v) is 12.9. The Morgan fingerprint density at radius 3 is 2.74 bits per heavy atom. The van der Waals surface area contributed by atoms with Gasteiger partial charge in [-0.05, 0) is 18.2 Å². The first kappa shape index (κ1) is 16.8. The molecule has 0 saturated heterocycles. The lowest BCUT2D eigenvalue weighted by atomic mass is 10.2. The van der Waals surface area contributed by atoms with Gasteiger partial charge in [0.05, 0.1) is 11.6 Å². The second kappa shape index (κ2) is 7.61. The van der Waals surface area contributed by atoms with E-state index in [0.717, 1.165) is 0 Å². The molecular weight excluding hydrogens is 326 g/mol. The third-order valence-corrected chi connectivity index (χ3v) is 3.08. The maximum Gasteiger partial charge on any atom is 0.353 e. The summed E-state index contributed by atoms with van der Waals surface area (Å²) in [5.41, 5.74) is 0.161. The number of halogens is 1. The first-order valence-electron chi connectivity index (χ1n) is 6.52. The minimum atomic E-state index is -1.17. The molecule has 1 amide bonds. The zero-order valence-electron chi connectivity index (χ0n) is 12.1. The first-order valence-corrected chi connectivity index (χ1v) is 6.90. The highest BCUT2D eigenvalue weighted by atomic mass is 35.5. The van der Waals surface area contributed by atoms with Gasteiger partial charge >= 0.3 is 5.97 Å². The zero-order chi connectivity index (χ0) is 16.8. The van der Waals surface area contributed by atoms with Crippen LogP contribution in [0.3, 0.4) is 0 Å². The summed E-state index contributed by atoms with van der Waals surface area (Å²) in [4.78, 5) is 22.8. The monoisotopic (exact) mass is 339 g/mol. The highest BCUT2D eigenvalue weighted by molar-refractivity contribution is 6.32. The highest BCUT2D eigenvalue weighted by Gasteiger charge is 2.13. The van der Waals surface area contributed by atoms with Crippen LogP contribution in [-0.4, -0.2) is 47.5 Å². The molecule has 0 radical (unpaired) electrons. The Labute approximate surface area is 136 Å². The molecule has 0 aliphatic carbocycles. The molecule has 2 rings (SSSR count). The van der Waals surface area contributed by atoms with Crippen molar-refractivity contribution >= 4 is 29.3 Å². The molecule has 0 saturated carbocycles. The van der Waals surface area contributed by atoms with Gasteiger partial charge in [0, 0.05) is 18.7 Å². The van der Waals surface area contributed by atoms with Gasteiger partial charge < -0.3 is 19.9 Å². The standard InChI is InChI=1S/C14H14ClN3O5/c1-22-4-5-23-11-3-2-8(6-9(11)15)13(19)16-12-7-10(14(20)21)17-18-12/h2-3,6-7H,4-5H2,1H3,(H,20,21)(H2,16,17,18,19). The summed E-state index contributed by atoms with van der Waals surface area (Å²) in [6.45, 7) is 0.761. The highest BCUT2D eigenvalue weighted by Crippen LogP contribution is 2.25. The van der Waals surface area contributed by atoms with Crippen molar-refractivity contribution in [3.05, 3.63) is 40.5 Å². The summed E-state index contributed by atoms with van der Waals surface area (Å²) in [5, 5.41) is 17.5. The van der Waals surface area contributed by atoms with Gasteiger partial charge in [-0.15, -0.1) is 0 Å². The quantitative estimate of drug-likeness (QED) is 0.665. The molecule has 1 aromatic carbocycles. The summed E-state index contributed by atoms with van der Waals surface area (Å²) in [6, 6.07) is 5.77. The molecule has 8 nitrogen and oxygen atoms in total. The predicted molar refractivity (Wildman–Crippen MR) is 82.3 cm³/mol. The summed E-state index contributed by atoms with van der Waals surface area (Å²) < 4.78 is 10.3. The lowest BCUT2D eigenvalue weighted by molar-refractivity contribution is 0.0690. The molecular formula is C14H14ClN3O5. The number of benzene rings is 1. The van der Waals surface area contributed by atoms with Crippen LogP contribution in [0.4, 0.5) is 5.82 Å². The van der Waals surface area contributed by atoms with Crippen molar-refractivity contribution in [2.75, 3.05) is 25.6 Å². The number of amides is 1. The number of H-pyrrole nitrogens is 1. The molecule has 1 heterocycles. The number of aromatic carboxylic acids is 1. The maximum absolute atomic E-state index is 12.1. The molecule has 3 N–H and O–H groups in total. The lowest BCUT2D eigenvalue weighted by Crippen LogP contribution is -2.12. The van der Waals surface area contributed by atoms with E-state index >= 15 is 0 Å². The minimum absolute atomic E-state index is 0.101. The van der Waals surface area contributed by atoms with Crippen molar-refractivity contribution in [1.29, 1.82) is 0 Å². The van der Waals surface area contributed by atoms with E-state index in [-0.39, 0.29) is 22.1 Å². The summed E-state index contributed by atoms with van der Waals surface area (Å²) in [7, 11) is 1.56. The number of methoxy groups -OCH3 is 1. The Bertz CT molecular complexity index is 716. The molecule has 122 valence electrons. The van der Waals surface area contributed by atoms with Gasteiger partial charge in [0.15, 0.2) is 5.82 Å². The Morgan fingerprint density at radius 2 is 2.13 bits per heavy atom. The van der Waals surface area contributed by atoms with E-state index in [1.54, 1.807) is 13.2 Å². The van der Waals surface area contributed by atoms with Gasteiger partial charge in [-0.3, -0.25) is 9.89 Å². The topological polar surface area (TPSA) is 114 Å². The van der Waals surface area contributed by atoms with E-state index in [2.05, 4.69) is 15.5 Å². The van der Waals surface area contributed by atoms with Crippen molar-refractivity contribution in [2.45, 2.75) is 0 Å². The maximum atomic E-state index is 12.1. The fourth-order valence-corrected chi connectivity index (χ4v) is 1.91. The molecule has 0 aliphatic rings. The summed E-state index contributed by atoms with van der Waals surface area (Å²) >= 11 is 6.06. The third kappa shape index (κ3) is 4.44. The van der Waals surface area contributed by atoms with Crippen LogP contribution in [-0.2, 0) is 4.74 Å². The number of carboxylic acid groups (broad SMARTS) is 1. The molecule has 0 unspecified atom stereocenters. The average molecular weight is 340 g/mol. The number of hydrogen-bond donors (Lipinski definition) is 3. The second-order valence-corrected chi connectivity index (χ2v) is 4.82. The third-order valence-electron chi connectivity index (χ3n) is 2.79. The van der Waals surface area contributed by atoms with Crippen LogP contribution < -0.4 is 10.1 Å². The Hall–Kier alpha value is -2.58. The van der Waals surface area contributed by atoms with Gasteiger partial charge in [-0.1, -0.05) is 11.6 Å². The molecule has 2 aromatic rings. The van der Waals surface area contributed by atoms with Crippen LogP contribution in [0.25, 0.3) is 0 Å². The smallest absolute Gasteiger partial charge is 0.353 e. The molecule has 0 aliphatic heterocycles.